The van der Waals surface area contributed by atoms with Gasteiger partial charge in [-0.3, -0.25) is 0 Å². The first-order chi connectivity index (χ1) is 10.8. The Bertz CT molecular complexity index is 672. The van der Waals surface area contributed by atoms with E-state index in [1.165, 1.54) is 6.08 Å². The van der Waals surface area contributed by atoms with Crippen LogP contribution in [0, 0.1) is 0 Å². The maximum absolute atomic E-state index is 12.3. The summed E-state index contributed by atoms with van der Waals surface area (Å²) in [4.78, 5) is 24.6. The number of aliphatic hydroxyl groups is 1. The van der Waals surface area contributed by atoms with Crippen molar-refractivity contribution in [3.05, 3.63) is 54.3 Å². The molecule has 0 aliphatic carbocycles. The molecule has 0 fully saturated rings. The molecular formula is C14H10Br4O5. The van der Waals surface area contributed by atoms with Gasteiger partial charge in [0.2, 0.25) is 6.29 Å². The van der Waals surface area contributed by atoms with Gasteiger partial charge in [-0.05, 0) is 69.8 Å². The molecule has 1 unspecified atom stereocenters. The van der Waals surface area contributed by atoms with E-state index in [9.17, 15) is 14.7 Å². The number of carbonyl (C=O) groups excluding carboxylic acids is 2. The Balaban J connectivity index is 3.52. The van der Waals surface area contributed by atoms with E-state index in [4.69, 9.17) is 9.47 Å². The van der Waals surface area contributed by atoms with Gasteiger partial charge in [0.05, 0.1) is 11.1 Å². The minimum atomic E-state index is -1.51. The molecule has 0 saturated carbocycles. The predicted molar refractivity (Wildman–Crippen MR) is 99.3 cm³/mol. The zero-order valence-electron chi connectivity index (χ0n) is 11.4. The van der Waals surface area contributed by atoms with Crippen molar-refractivity contribution in [3.63, 3.8) is 0 Å². The van der Waals surface area contributed by atoms with Crippen LogP contribution in [0.15, 0.2) is 43.2 Å². The lowest BCUT2D eigenvalue weighted by molar-refractivity contribution is -0.0353. The summed E-state index contributed by atoms with van der Waals surface area (Å²) in [6, 6.07) is 0. The van der Waals surface area contributed by atoms with Crippen molar-refractivity contribution in [1.29, 1.82) is 0 Å². The summed E-state index contributed by atoms with van der Waals surface area (Å²) in [6.07, 6.45) is 0.922. The quantitative estimate of drug-likeness (QED) is 0.174. The number of ether oxygens (including phenoxy) is 2. The molecule has 0 amide bonds. The molecule has 0 aliphatic heterocycles. The van der Waals surface area contributed by atoms with Crippen LogP contribution in [0.2, 0.25) is 0 Å². The van der Waals surface area contributed by atoms with Crippen LogP contribution in [0.4, 0.5) is 0 Å². The Morgan fingerprint density at radius 1 is 1.00 bits per heavy atom. The van der Waals surface area contributed by atoms with Crippen LogP contribution < -0.4 is 0 Å². The second kappa shape index (κ2) is 9.12. The van der Waals surface area contributed by atoms with Gasteiger partial charge in [0.25, 0.3) is 0 Å². The van der Waals surface area contributed by atoms with E-state index in [1.807, 2.05) is 0 Å². The van der Waals surface area contributed by atoms with Gasteiger partial charge >= 0.3 is 11.9 Å². The first-order valence-corrected chi connectivity index (χ1v) is 9.09. The Hall–Kier alpha value is -0.480. The largest absolute Gasteiger partial charge is 0.458 e. The van der Waals surface area contributed by atoms with Crippen LogP contribution in [-0.2, 0) is 9.47 Å². The molecule has 1 atom stereocenters. The Morgan fingerprint density at radius 2 is 1.48 bits per heavy atom. The van der Waals surface area contributed by atoms with Crippen molar-refractivity contribution < 1.29 is 24.2 Å². The maximum Gasteiger partial charge on any atom is 0.342 e. The number of rotatable bonds is 6. The summed E-state index contributed by atoms with van der Waals surface area (Å²) in [5.74, 6) is -1.69. The smallest absolute Gasteiger partial charge is 0.342 e. The molecule has 1 N–H and O–H groups in total. The lowest BCUT2D eigenvalue weighted by atomic mass is 10.1. The molecule has 0 spiro atoms. The summed E-state index contributed by atoms with van der Waals surface area (Å²) < 4.78 is 11.3. The summed E-state index contributed by atoms with van der Waals surface area (Å²) in [5.41, 5.74) is -0.169. The molecule has 124 valence electrons. The molecule has 1 aromatic carbocycles. The fourth-order valence-corrected chi connectivity index (χ4v) is 3.88. The average molecular weight is 578 g/mol. The standard InChI is InChI=1S/C14H10Br4O5/c1-3-5-22-13(20)7-8(14(21)23-6(19)4-2)10(16)12(18)11(17)9(7)15/h3-4,6,19H,1-2,5H2. The van der Waals surface area contributed by atoms with Gasteiger partial charge < -0.3 is 14.6 Å². The van der Waals surface area contributed by atoms with E-state index in [0.717, 1.165) is 6.08 Å². The highest BCUT2D eigenvalue weighted by molar-refractivity contribution is 9.15. The Morgan fingerprint density at radius 3 is 1.91 bits per heavy atom. The molecule has 0 bridgehead atoms. The SMILES string of the molecule is C=CCOC(=O)c1c(Br)c(Br)c(Br)c(Br)c1C(=O)OC(O)C=C. The van der Waals surface area contributed by atoms with Gasteiger partial charge in [-0.15, -0.1) is 0 Å². The molecule has 0 heterocycles. The summed E-state index contributed by atoms with van der Waals surface area (Å²) in [7, 11) is 0. The molecule has 1 aromatic rings. The first-order valence-electron chi connectivity index (χ1n) is 5.91. The highest BCUT2D eigenvalue weighted by Gasteiger charge is 2.30. The first kappa shape index (κ1) is 20.6. The third kappa shape index (κ3) is 4.76. The minimum absolute atomic E-state index is 0.0274. The Kier molecular flexibility index (Phi) is 8.15. The van der Waals surface area contributed by atoms with E-state index in [2.05, 4.69) is 76.9 Å². The molecule has 9 heteroatoms. The van der Waals surface area contributed by atoms with E-state index < -0.39 is 18.2 Å². The van der Waals surface area contributed by atoms with Crippen LogP contribution in [0.1, 0.15) is 20.7 Å². The minimum Gasteiger partial charge on any atom is -0.458 e. The fourth-order valence-electron chi connectivity index (χ4n) is 1.44. The van der Waals surface area contributed by atoms with Crippen LogP contribution in [0.5, 0.6) is 0 Å². The molecule has 5 nitrogen and oxygen atoms in total. The highest BCUT2D eigenvalue weighted by Crippen LogP contribution is 2.42. The van der Waals surface area contributed by atoms with Crippen molar-refractivity contribution in [1.82, 2.24) is 0 Å². The molecule has 0 saturated heterocycles. The van der Waals surface area contributed by atoms with E-state index in [1.54, 1.807) is 0 Å². The van der Waals surface area contributed by atoms with Gasteiger partial charge in [0.15, 0.2) is 0 Å². The van der Waals surface area contributed by atoms with Gasteiger partial charge in [0, 0.05) is 17.9 Å². The lowest BCUT2D eigenvalue weighted by Gasteiger charge is -2.16. The van der Waals surface area contributed by atoms with Crippen molar-refractivity contribution in [3.8, 4) is 0 Å². The zero-order chi connectivity index (χ0) is 17.7. The molecule has 1 rings (SSSR count). The van der Waals surface area contributed by atoms with E-state index >= 15 is 0 Å². The molecule has 0 aromatic heterocycles. The van der Waals surface area contributed by atoms with Crippen LogP contribution in [0.3, 0.4) is 0 Å². The van der Waals surface area contributed by atoms with Crippen molar-refractivity contribution in [2.45, 2.75) is 6.29 Å². The average Bonchev–Trinajstić information content (AvgIpc) is 2.53. The summed E-state index contributed by atoms with van der Waals surface area (Å²) in [6.45, 7) is 6.74. The van der Waals surface area contributed by atoms with Crippen LogP contribution >= 0.6 is 63.7 Å². The monoisotopic (exact) mass is 574 g/mol. The third-order valence-electron chi connectivity index (χ3n) is 2.44. The number of esters is 2. The number of hydrogen-bond donors (Lipinski definition) is 1. The third-order valence-corrected chi connectivity index (χ3v) is 7.21. The van der Waals surface area contributed by atoms with Gasteiger partial charge in [-0.2, -0.15) is 0 Å². The molecule has 0 radical (unpaired) electrons. The number of benzene rings is 1. The number of aliphatic hydroxyl groups excluding tert-OH is 1. The summed E-state index contributed by atoms with van der Waals surface area (Å²) in [5, 5.41) is 9.41. The van der Waals surface area contributed by atoms with Crippen molar-refractivity contribution in [2.24, 2.45) is 0 Å². The fraction of sp³-hybridized carbons (Fsp3) is 0.143. The summed E-state index contributed by atoms with van der Waals surface area (Å²) >= 11 is 13.1. The second-order valence-electron chi connectivity index (χ2n) is 3.92. The molecular weight excluding hydrogens is 568 g/mol. The highest BCUT2D eigenvalue weighted by atomic mass is 79.9. The number of hydrogen-bond acceptors (Lipinski definition) is 5. The zero-order valence-corrected chi connectivity index (χ0v) is 17.8. The lowest BCUT2D eigenvalue weighted by Crippen LogP contribution is -2.20. The molecule has 0 aliphatic rings. The maximum atomic E-state index is 12.3. The number of carbonyl (C=O) groups is 2. The second-order valence-corrected chi connectivity index (χ2v) is 7.10. The van der Waals surface area contributed by atoms with Gasteiger partial charge in [-0.25, -0.2) is 9.59 Å². The normalized spacial score (nSPS) is 11.5. The van der Waals surface area contributed by atoms with Crippen LogP contribution in [0.25, 0.3) is 0 Å². The Labute approximate surface area is 166 Å². The van der Waals surface area contributed by atoms with Crippen LogP contribution in [-0.4, -0.2) is 29.9 Å². The van der Waals surface area contributed by atoms with E-state index in [0.29, 0.717) is 13.4 Å². The topological polar surface area (TPSA) is 72.8 Å². The van der Waals surface area contributed by atoms with Crippen molar-refractivity contribution >= 4 is 75.7 Å². The molecule has 23 heavy (non-hydrogen) atoms. The van der Waals surface area contributed by atoms with E-state index in [-0.39, 0.29) is 22.2 Å². The predicted octanol–water partition coefficient (Wildman–Crippen LogP) is 4.74. The van der Waals surface area contributed by atoms with Gasteiger partial charge in [-0.1, -0.05) is 19.2 Å². The van der Waals surface area contributed by atoms with Crippen molar-refractivity contribution in [2.75, 3.05) is 6.61 Å². The number of halogens is 4. The van der Waals surface area contributed by atoms with Gasteiger partial charge in [0.1, 0.15) is 6.61 Å².